The molecule has 0 bridgehead atoms. The van der Waals surface area contributed by atoms with E-state index in [-0.39, 0.29) is 5.38 Å². The molecule has 18 heavy (non-hydrogen) atoms. The highest BCUT2D eigenvalue weighted by molar-refractivity contribution is 9.11. The summed E-state index contributed by atoms with van der Waals surface area (Å²) in [4.78, 5) is 0. The maximum absolute atomic E-state index is 6.56. The molecule has 0 aliphatic carbocycles. The van der Waals surface area contributed by atoms with Crippen molar-refractivity contribution in [1.29, 1.82) is 0 Å². The van der Waals surface area contributed by atoms with E-state index < -0.39 is 0 Å². The first kappa shape index (κ1) is 13.9. The average molecular weight is 391 g/mol. The van der Waals surface area contributed by atoms with Crippen LogP contribution in [0, 0.1) is 0 Å². The minimum Gasteiger partial charge on any atom is -0.496 e. The van der Waals surface area contributed by atoms with E-state index in [4.69, 9.17) is 16.3 Å². The molecule has 4 heteroatoms. The van der Waals surface area contributed by atoms with E-state index in [1.165, 1.54) is 0 Å². The second kappa shape index (κ2) is 6.09. The first-order valence-electron chi connectivity index (χ1n) is 5.35. The van der Waals surface area contributed by atoms with Crippen LogP contribution >= 0.6 is 43.5 Å². The summed E-state index contributed by atoms with van der Waals surface area (Å²) in [5.41, 5.74) is 1.97. The van der Waals surface area contributed by atoms with Crippen LogP contribution in [0.5, 0.6) is 5.75 Å². The Kier molecular flexibility index (Phi) is 4.71. The van der Waals surface area contributed by atoms with Crippen molar-refractivity contribution < 1.29 is 4.74 Å². The number of halogens is 3. The van der Waals surface area contributed by atoms with Crippen LogP contribution in [0.3, 0.4) is 0 Å². The van der Waals surface area contributed by atoms with Gasteiger partial charge in [0.1, 0.15) is 5.75 Å². The third-order valence-corrected chi connectivity index (χ3v) is 4.33. The SMILES string of the molecule is COc1ccccc1C(Cl)c1cc(Br)ccc1Br. The van der Waals surface area contributed by atoms with Gasteiger partial charge < -0.3 is 4.74 Å². The van der Waals surface area contributed by atoms with Crippen molar-refractivity contribution in [3.8, 4) is 5.75 Å². The van der Waals surface area contributed by atoms with Crippen LogP contribution in [0.2, 0.25) is 0 Å². The largest absolute Gasteiger partial charge is 0.496 e. The fourth-order valence-corrected chi connectivity index (χ4v) is 3.10. The topological polar surface area (TPSA) is 9.23 Å². The van der Waals surface area contributed by atoms with Crippen LogP contribution < -0.4 is 4.74 Å². The number of rotatable bonds is 3. The molecule has 0 aliphatic rings. The summed E-state index contributed by atoms with van der Waals surface area (Å²) in [6, 6.07) is 13.7. The second-order valence-corrected chi connectivity index (χ2v) is 5.98. The number of para-hydroxylation sites is 1. The summed E-state index contributed by atoms with van der Waals surface area (Å²) in [5, 5.41) is -0.256. The van der Waals surface area contributed by atoms with Crippen LogP contribution in [-0.4, -0.2) is 7.11 Å². The molecule has 94 valence electrons. The molecule has 0 fully saturated rings. The minimum atomic E-state index is -0.256. The zero-order valence-corrected chi connectivity index (χ0v) is 13.6. The third kappa shape index (κ3) is 2.90. The predicted molar refractivity (Wildman–Crippen MR) is 82.5 cm³/mol. The molecule has 0 amide bonds. The van der Waals surface area contributed by atoms with E-state index in [9.17, 15) is 0 Å². The van der Waals surface area contributed by atoms with Gasteiger partial charge in [0.15, 0.2) is 0 Å². The monoisotopic (exact) mass is 388 g/mol. The van der Waals surface area contributed by atoms with E-state index in [1.807, 2.05) is 42.5 Å². The molecule has 2 aromatic carbocycles. The zero-order chi connectivity index (χ0) is 13.1. The minimum absolute atomic E-state index is 0.256. The molecule has 0 spiro atoms. The van der Waals surface area contributed by atoms with E-state index in [0.717, 1.165) is 25.8 Å². The normalized spacial score (nSPS) is 12.2. The first-order chi connectivity index (χ1) is 8.63. The summed E-state index contributed by atoms with van der Waals surface area (Å²) >= 11 is 13.6. The van der Waals surface area contributed by atoms with Crippen molar-refractivity contribution in [2.45, 2.75) is 5.38 Å². The third-order valence-electron chi connectivity index (χ3n) is 2.64. The van der Waals surface area contributed by atoms with Gasteiger partial charge in [0.2, 0.25) is 0 Å². The molecule has 1 atom stereocenters. The van der Waals surface area contributed by atoms with Crippen LogP contribution in [-0.2, 0) is 0 Å². The van der Waals surface area contributed by atoms with Gasteiger partial charge in [-0.3, -0.25) is 0 Å². The molecule has 0 saturated carbocycles. The molecule has 0 aromatic heterocycles. The smallest absolute Gasteiger partial charge is 0.123 e. The zero-order valence-electron chi connectivity index (χ0n) is 9.66. The van der Waals surface area contributed by atoms with Gasteiger partial charge >= 0.3 is 0 Å². The van der Waals surface area contributed by atoms with Gasteiger partial charge in [0, 0.05) is 14.5 Å². The van der Waals surface area contributed by atoms with Gasteiger partial charge in [0.25, 0.3) is 0 Å². The lowest BCUT2D eigenvalue weighted by atomic mass is 10.0. The van der Waals surface area contributed by atoms with Gasteiger partial charge in [0.05, 0.1) is 12.5 Å². The van der Waals surface area contributed by atoms with Crippen LogP contribution in [0.25, 0.3) is 0 Å². The van der Waals surface area contributed by atoms with Crippen molar-refractivity contribution in [1.82, 2.24) is 0 Å². The van der Waals surface area contributed by atoms with Crippen LogP contribution in [0.1, 0.15) is 16.5 Å². The lowest BCUT2D eigenvalue weighted by Gasteiger charge is -2.15. The molecule has 1 nitrogen and oxygen atoms in total. The number of benzene rings is 2. The molecule has 0 aliphatic heterocycles. The van der Waals surface area contributed by atoms with E-state index >= 15 is 0 Å². The Morgan fingerprint density at radius 3 is 2.50 bits per heavy atom. The highest BCUT2D eigenvalue weighted by atomic mass is 79.9. The Bertz CT molecular complexity index is 557. The van der Waals surface area contributed by atoms with E-state index in [1.54, 1.807) is 7.11 Å². The van der Waals surface area contributed by atoms with Crippen molar-refractivity contribution >= 4 is 43.5 Å². The molecule has 0 radical (unpaired) electrons. The molecular weight excluding hydrogens is 379 g/mol. The Morgan fingerprint density at radius 2 is 1.78 bits per heavy atom. The van der Waals surface area contributed by atoms with Gasteiger partial charge in [-0.15, -0.1) is 11.6 Å². The van der Waals surface area contributed by atoms with Gasteiger partial charge in [-0.05, 0) is 29.8 Å². The molecule has 2 rings (SSSR count). The standard InChI is InChI=1S/C14H11Br2ClO/c1-18-13-5-3-2-4-10(13)14(17)11-8-9(15)6-7-12(11)16/h2-8,14H,1H3. The van der Waals surface area contributed by atoms with Gasteiger partial charge in [-0.1, -0.05) is 50.1 Å². The van der Waals surface area contributed by atoms with Crippen molar-refractivity contribution in [3.05, 3.63) is 62.5 Å². The maximum atomic E-state index is 6.56. The van der Waals surface area contributed by atoms with Crippen LogP contribution in [0.15, 0.2) is 51.4 Å². The van der Waals surface area contributed by atoms with Crippen molar-refractivity contribution in [2.75, 3.05) is 7.11 Å². The van der Waals surface area contributed by atoms with Crippen molar-refractivity contribution in [2.24, 2.45) is 0 Å². The fraction of sp³-hybridized carbons (Fsp3) is 0.143. The highest BCUT2D eigenvalue weighted by Gasteiger charge is 2.17. The van der Waals surface area contributed by atoms with Gasteiger partial charge in [-0.25, -0.2) is 0 Å². The number of methoxy groups -OCH3 is 1. The van der Waals surface area contributed by atoms with Gasteiger partial charge in [-0.2, -0.15) is 0 Å². The summed E-state index contributed by atoms with van der Waals surface area (Å²) in [6.07, 6.45) is 0. The predicted octanol–water partition coefficient (Wildman–Crippen LogP) is 5.55. The summed E-state index contributed by atoms with van der Waals surface area (Å²) < 4.78 is 7.33. The Hall–Kier alpha value is -0.510. The van der Waals surface area contributed by atoms with E-state index in [0.29, 0.717) is 0 Å². The quantitative estimate of drug-likeness (QED) is 0.625. The summed E-state index contributed by atoms with van der Waals surface area (Å²) in [6.45, 7) is 0. The molecular formula is C14H11Br2ClO. The summed E-state index contributed by atoms with van der Waals surface area (Å²) in [5.74, 6) is 0.796. The molecule has 2 aromatic rings. The maximum Gasteiger partial charge on any atom is 0.123 e. The number of alkyl halides is 1. The Balaban J connectivity index is 2.47. The number of hydrogen-bond donors (Lipinski definition) is 0. The Labute approximate surface area is 128 Å². The second-order valence-electron chi connectivity index (χ2n) is 3.77. The fourth-order valence-electron chi connectivity index (χ4n) is 1.75. The Morgan fingerprint density at radius 1 is 1.06 bits per heavy atom. The van der Waals surface area contributed by atoms with Crippen molar-refractivity contribution in [3.63, 3.8) is 0 Å². The highest BCUT2D eigenvalue weighted by Crippen LogP contribution is 2.39. The average Bonchev–Trinajstić information content (AvgIpc) is 2.40. The molecule has 0 saturated heterocycles. The van der Waals surface area contributed by atoms with Crippen LogP contribution in [0.4, 0.5) is 0 Å². The van der Waals surface area contributed by atoms with E-state index in [2.05, 4.69) is 31.9 Å². The molecule has 0 N–H and O–H groups in total. The number of ether oxygens (including phenoxy) is 1. The molecule has 0 heterocycles. The lowest BCUT2D eigenvalue weighted by molar-refractivity contribution is 0.410. The first-order valence-corrected chi connectivity index (χ1v) is 7.37. The summed E-state index contributed by atoms with van der Waals surface area (Å²) in [7, 11) is 1.65. The molecule has 1 unspecified atom stereocenters. The lowest BCUT2D eigenvalue weighted by Crippen LogP contribution is -1.98. The number of hydrogen-bond acceptors (Lipinski definition) is 1.